The normalized spacial score (nSPS) is 39.2. The number of nitrogens with zero attached hydrogens (tertiary/aromatic N) is 4. The molecule has 8 heteroatoms. The van der Waals surface area contributed by atoms with E-state index in [9.17, 15) is 5.11 Å². The van der Waals surface area contributed by atoms with Gasteiger partial charge in [-0.1, -0.05) is 0 Å². The van der Waals surface area contributed by atoms with Crippen molar-refractivity contribution in [2.45, 2.75) is 31.0 Å². The molecule has 0 aromatic heterocycles. The molecule has 2 unspecified atom stereocenters. The van der Waals surface area contributed by atoms with Gasteiger partial charge in [-0.2, -0.15) is 5.26 Å². The summed E-state index contributed by atoms with van der Waals surface area (Å²) in [6.07, 6.45) is 1.18. The van der Waals surface area contributed by atoms with Crippen molar-refractivity contribution in [2.24, 2.45) is 21.6 Å². The van der Waals surface area contributed by atoms with Crippen molar-refractivity contribution < 1.29 is 14.9 Å². The Kier molecular flexibility index (Phi) is 3.17. The Hall–Kier alpha value is -1.95. The quantitative estimate of drug-likeness (QED) is 0.564. The molecule has 1 saturated heterocycles. The fraction of sp³-hybridized carbons (Fsp3) is 0.583. The Bertz CT molecular complexity index is 538. The molecule has 8 nitrogen and oxygen atoms in total. The van der Waals surface area contributed by atoms with Crippen LogP contribution in [0.3, 0.4) is 0 Å². The summed E-state index contributed by atoms with van der Waals surface area (Å²) in [5.74, 6) is -0.188. The third-order valence-electron chi connectivity index (χ3n) is 3.75. The molecule has 0 aromatic rings. The van der Waals surface area contributed by atoms with Crippen LogP contribution in [-0.4, -0.2) is 58.9 Å². The zero-order chi connectivity index (χ0) is 14.3. The first-order chi connectivity index (χ1) is 9.65. The third kappa shape index (κ3) is 1.87. The molecular formula is C12H15N5O3. The first-order valence-electron chi connectivity index (χ1n) is 6.34. The molecule has 0 spiro atoms. The third-order valence-corrected chi connectivity index (χ3v) is 3.75. The van der Waals surface area contributed by atoms with Crippen molar-refractivity contribution in [3.63, 3.8) is 0 Å². The zero-order valence-electron chi connectivity index (χ0n) is 10.6. The lowest BCUT2D eigenvalue weighted by molar-refractivity contribution is -0.0625. The Balaban J connectivity index is 1.83. The second-order valence-electron chi connectivity index (χ2n) is 4.93. The van der Waals surface area contributed by atoms with Crippen LogP contribution in [0.15, 0.2) is 21.4 Å². The van der Waals surface area contributed by atoms with Crippen molar-refractivity contribution in [1.29, 1.82) is 5.26 Å². The van der Waals surface area contributed by atoms with Crippen LogP contribution in [0, 0.1) is 17.2 Å². The van der Waals surface area contributed by atoms with Gasteiger partial charge in [-0.05, 0) is 0 Å². The molecule has 3 heterocycles. The fourth-order valence-corrected chi connectivity index (χ4v) is 2.68. The molecule has 106 valence electrons. The number of aliphatic imine (C=N–C) groups is 2. The molecule has 20 heavy (non-hydrogen) atoms. The van der Waals surface area contributed by atoms with Crippen molar-refractivity contribution in [2.75, 3.05) is 6.61 Å². The molecule has 3 aliphatic rings. The van der Waals surface area contributed by atoms with Crippen LogP contribution < -0.4 is 5.73 Å². The van der Waals surface area contributed by atoms with Gasteiger partial charge in [0, 0.05) is 18.2 Å². The van der Waals surface area contributed by atoms with Gasteiger partial charge in [-0.25, -0.2) is 4.99 Å². The van der Waals surface area contributed by atoms with E-state index in [-0.39, 0.29) is 6.61 Å². The van der Waals surface area contributed by atoms with E-state index in [2.05, 4.69) is 16.1 Å². The first-order valence-corrected chi connectivity index (χ1v) is 6.34. The Morgan fingerprint density at radius 3 is 3.05 bits per heavy atom. The highest BCUT2D eigenvalue weighted by atomic mass is 16.5. The van der Waals surface area contributed by atoms with Gasteiger partial charge in [0.1, 0.15) is 24.1 Å². The lowest BCUT2D eigenvalue weighted by Gasteiger charge is -2.34. The van der Waals surface area contributed by atoms with Crippen LogP contribution in [0.25, 0.3) is 0 Å². The SMILES string of the molecule is N#CC1C=NC2C1=C(N)N=CN2[C@H]1C[C@H](O)[C@@H](CO)O1. The minimum atomic E-state index is -0.734. The maximum absolute atomic E-state index is 9.80. The van der Waals surface area contributed by atoms with Gasteiger partial charge < -0.3 is 25.6 Å². The number of aliphatic hydroxyl groups excluding tert-OH is 2. The standard InChI is InChI=1S/C12H15N5O3/c13-2-6-3-15-12-10(6)11(14)16-5-17(12)9-1-7(19)8(4-18)20-9/h3,5-9,12,18-19H,1,4,14H2/t6?,7-,8+,9+,12?/m0/s1. The smallest absolute Gasteiger partial charge is 0.150 e. The van der Waals surface area contributed by atoms with Crippen LogP contribution in [0.2, 0.25) is 0 Å². The second-order valence-corrected chi connectivity index (χ2v) is 4.93. The van der Waals surface area contributed by atoms with E-state index in [1.807, 2.05) is 0 Å². The highest BCUT2D eigenvalue weighted by Gasteiger charge is 2.43. The predicted molar refractivity (Wildman–Crippen MR) is 69.3 cm³/mol. The molecule has 0 amide bonds. The monoisotopic (exact) mass is 277 g/mol. The van der Waals surface area contributed by atoms with Gasteiger partial charge in [0.25, 0.3) is 0 Å². The number of hydrogen-bond acceptors (Lipinski definition) is 8. The van der Waals surface area contributed by atoms with Crippen LogP contribution in [0.1, 0.15) is 6.42 Å². The predicted octanol–water partition coefficient (Wildman–Crippen LogP) is -1.48. The van der Waals surface area contributed by atoms with E-state index in [0.717, 1.165) is 0 Å². The average Bonchev–Trinajstić information content (AvgIpc) is 3.03. The van der Waals surface area contributed by atoms with Crippen molar-refractivity contribution in [3.05, 3.63) is 11.4 Å². The molecule has 0 aliphatic carbocycles. The van der Waals surface area contributed by atoms with E-state index in [4.69, 9.17) is 20.8 Å². The van der Waals surface area contributed by atoms with Gasteiger partial charge >= 0.3 is 0 Å². The lowest BCUT2D eigenvalue weighted by atomic mass is 10.0. The van der Waals surface area contributed by atoms with E-state index in [1.54, 1.807) is 11.1 Å². The van der Waals surface area contributed by atoms with E-state index >= 15 is 0 Å². The Morgan fingerprint density at radius 2 is 2.40 bits per heavy atom. The van der Waals surface area contributed by atoms with Gasteiger partial charge in [-0.15, -0.1) is 0 Å². The van der Waals surface area contributed by atoms with E-state index in [0.29, 0.717) is 17.8 Å². The molecule has 3 rings (SSSR count). The summed E-state index contributed by atoms with van der Waals surface area (Å²) in [6.45, 7) is -0.248. The van der Waals surface area contributed by atoms with Gasteiger partial charge in [-0.3, -0.25) is 4.99 Å². The molecule has 0 radical (unpaired) electrons. The minimum Gasteiger partial charge on any atom is -0.394 e. The van der Waals surface area contributed by atoms with E-state index in [1.165, 1.54) is 6.34 Å². The number of hydrogen-bond donors (Lipinski definition) is 3. The van der Waals surface area contributed by atoms with Crippen LogP contribution in [0.4, 0.5) is 0 Å². The van der Waals surface area contributed by atoms with Gasteiger partial charge in [0.15, 0.2) is 6.17 Å². The second kappa shape index (κ2) is 4.86. The van der Waals surface area contributed by atoms with Crippen LogP contribution >= 0.6 is 0 Å². The number of ether oxygens (including phenoxy) is 1. The number of nitriles is 1. The lowest BCUT2D eigenvalue weighted by Crippen LogP contribution is -2.44. The molecule has 0 saturated carbocycles. The summed E-state index contributed by atoms with van der Waals surface area (Å²) in [4.78, 5) is 10.1. The molecule has 4 N–H and O–H groups in total. The first kappa shape index (κ1) is 13.1. The summed E-state index contributed by atoms with van der Waals surface area (Å²) in [5.41, 5.74) is 6.46. The average molecular weight is 277 g/mol. The van der Waals surface area contributed by atoms with Crippen molar-refractivity contribution >= 4 is 12.6 Å². The maximum atomic E-state index is 9.80. The van der Waals surface area contributed by atoms with Crippen LogP contribution in [0.5, 0.6) is 0 Å². The zero-order valence-corrected chi connectivity index (χ0v) is 10.6. The number of fused-ring (bicyclic) bond motifs is 1. The molecule has 0 bridgehead atoms. The van der Waals surface area contributed by atoms with Crippen molar-refractivity contribution in [3.8, 4) is 6.07 Å². The highest BCUT2D eigenvalue weighted by molar-refractivity contribution is 5.76. The molecule has 5 atom stereocenters. The summed E-state index contributed by atoms with van der Waals surface area (Å²) in [5, 5.41) is 28.0. The maximum Gasteiger partial charge on any atom is 0.150 e. The number of nitrogens with two attached hydrogens (primary N) is 1. The van der Waals surface area contributed by atoms with Crippen LogP contribution in [-0.2, 0) is 4.74 Å². The van der Waals surface area contributed by atoms with Crippen molar-refractivity contribution in [1.82, 2.24) is 4.90 Å². The topological polar surface area (TPSA) is 127 Å². The van der Waals surface area contributed by atoms with Gasteiger partial charge in [0.2, 0.25) is 0 Å². The number of rotatable bonds is 2. The summed E-state index contributed by atoms with van der Waals surface area (Å²) in [7, 11) is 0. The fourth-order valence-electron chi connectivity index (χ4n) is 2.68. The number of aliphatic hydroxyl groups is 2. The highest BCUT2D eigenvalue weighted by Crippen LogP contribution is 2.33. The molecular weight excluding hydrogens is 262 g/mol. The summed E-state index contributed by atoms with van der Waals surface area (Å²) < 4.78 is 5.59. The van der Waals surface area contributed by atoms with Gasteiger partial charge in [0.05, 0.1) is 25.1 Å². The molecule has 1 fully saturated rings. The molecule has 3 aliphatic heterocycles. The Morgan fingerprint density at radius 1 is 1.60 bits per heavy atom. The Labute approximate surface area is 115 Å². The summed E-state index contributed by atoms with van der Waals surface area (Å²) in [6, 6.07) is 2.12. The minimum absolute atomic E-state index is 0.248. The molecule has 0 aromatic carbocycles. The largest absolute Gasteiger partial charge is 0.394 e. The van der Waals surface area contributed by atoms with E-state index < -0.39 is 30.5 Å². The summed E-state index contributed by atoms with van der Waals surface area (Å²) >= 11 is 0.